The van der Waals surface area contributed by atoms with E-state index in [0.29, 0.717) is 0 Å². The number of fused-ring (bicyclic) bond motifs is 4. The molecule has 18 heavy (non-hydrogen) atoms. The Morgan fingerprint density at radius 1 is 1.44 bits per heavy atom. The molecule has 0 fully saturated rings. The van der Waals surface area contributed by atoms with E-state index in [0.717, 1.165) is 18.5 Å². The number of pyridine rings is 1. The van der Waals surface area contributed by atoms with E-state index < -0.39 is 0 Å². The van der Waals surface area contributed by atoms with Gasteiger partial charge in [0.05, 0.1) is 0 Å². The summed E-state index contributed by atoms with van der Waals surface area (Å²) < 4.78 is 0. The topological polar surface area (TPSA) is 58.9 Å². The lowest BCUT2D eigenvalue weighted by molar-refractivity contribution is 0.425. The lowest BCUT2D eigenvalue weighted by atomic mass is 9.64. The molecular formula is C15H18N2O. The van der Waals surface area contributed by atoms with Gasteiger partial charge in [-0.1, -0.05) is 23.8 Å². The largest absolute Gasteiger partial charge is 0.326 e. The van der Waals surface area contributed by atoms with Crippen molar-refractivity contribution in [2.45, 2.75) is 38.1 Å². The standard InChI is InChI=1S/C15H18N2O/c1-3-12-11-6-9(2)7-15(12,16)8-13-10(11)4-5-14(18)17-13/h3-6,11H,7-8,16H2,1-2H3,(H,17,18)/b12-3+/t11-,15-/m1/s1. The molecule has 0 unspecified atom stereocenters. The third-order valence-corrected chi connectivity index (χ3v) is 4.13. The molecule has 2 atom stereocenters. The number of hydrogen-bond donors (Lipinski definition) is 2. The van der Waals surface area contributed by atoms with Crippen LogP contribution in [0, 0.1) is 0 Å². The van der Waals surface area contributed by atoms with Gasteiger partial charge in [0.15, 0.2) is 0 Å². The molecule has 1 heterocycles. The number of nitrogens with one attached hydrogen (secondary N) is 1. The second kappa shape index (κ2) is 3.69. The zero-order chi connectivity index (χ0) is 12.9. The van der Waals surface area contributed by atoms with Crippen LogP contribution in [0.1, 0.15) is 37.4 Å². The lowest BCUT2D eigenvalue weighted by Crippen LogP contribution is -2.51. The molecule has 0 saturated carbocycles. The molecule has 0 saturated heterocycles. The molecule has 1 aromatic rings. The molecule has 0 radical (unpaired) electrons. The number of aromatic nitrogens is 1. The number of allylic oxidation sites excluding steroid dienone is 2. The van der Waals surface area contributed by atoms with E-state index in [2.05, 4.69) is 31.0 Å². The van der Waals surface area contributed by atoms with Crippen molar-refractivity contribution in [3.63, 3.8) is 0 Å². The molecule has 0 spiro atoms. The Labute approximate surface area is 106 Å². The van der Waals surface area contributed by atoms with Crippen LogP contribution < -0.4 is 11.3 Å². The van der Waals surface area contributed by atoms with E-state index >= 15 is 0 Å². The Morgan fingerprint density at radius 2 is 2.22 bits per heavy atom. The molecule has 3 N–H and O–H groups in total. The Bertz CT molecular complexity index is 624. The fourth-order valence-corrected chi connectivity index (χ4v) is 3.51. The van der Waals surface area contributed by atoms with Gasteiger partial charge in [0.1, 0.15) is 0 Å². The maximum absolute atomic E-state index is 11.5. The van der Waals surface area contributed by atoms with Gasteiger partial charge in [0, 0.05) is 29.6 Å². The van der Waals surface area contributed by atoms with Gasteiger partial charge in [-0.05, 0) is 31.4 Å². The zero-order valence-electron chi connectivity index (χ0n) is 10.8. The van der Waals surface area contributed by atoms with E-state index in [4.69, 9.17) is 5.73 Å². The summed E-state index contributed by atoms with van der Waals surface area (Å²) in [6.45, 7) is 4.19. The monoisotopic (exact) mass is 242 g/mol. The Balaban J connectivity index is 2.28. The fourth-order valence-electron chi connectivity index (χ4n) is 3.51. The third-order valence-electron chi connectivity index (χ3n) is 4.13. The molecule has 0 amide bonds. The van der Waals surface area contributed by atoms with Crippen LogP contribution in [-0.4, -0.2) is 10.5 Å². The first-order valence-corrected chi connectivity index (χ1v) is 6.38. The normalized spacial score (nSPS) is 32.1. The SMILES string of the molecule is C/C=C1\[C@@H]2C=C(C)C[C@@]1(N)Cc1[nH]c(=O)ccc12. The first kappa shape index (κ1) is 11.5. The second-order valence-corrected chi connectivity index (χ2v) is 5.50. The van der Waals surface area contributed by atoms with Crippen LogP contribution in [0.5, 0.6) is 0 Å². The molecule has 3 nitrogen and oxygen atoms in total. The van der Waals surface area contributed by atoms with E-state index in [1.165, 1.54) is 16.7 Å². The van der Waals surface area contributed by atoms with E-state index in [1.54, 1.807) is 6.07 Å². The Hall–Kier alpha value is -1.61. The van der Waals surface area contributed by atoms with Crippen LogP contribution in [0.25, 0.3) is 0 Å². The molecule has 2 aliphatic rings. The second-order valence-electron chi connectivity index (χ2n) is 5.50. The van der Waals surface area contributed by atoms with Crippen LogP contribution in [0.15, 0.2) is 40.2 Å². The van der Waals surface area contributed by atoms with Crippen molar-refractivity contribution in [1.29, 1.82) is 0 Å². The summed E-state index contributed by atoms with van der Waals surface area (Å²) in [5, 5.41) is 0. The summed E-state index contributed by atoms with van der Waals surface area (Å²) in [5.41, 5.74) is 11.0. The summed E-state index contributed by atoms with van der Waals surface area (Å²) in [7, 11) is 0. The average molecular weight is 242 g/mol. The average Bonchev–Trinajstić information content (AvgIpc) is 2.26. The molecule has 2 bridgehead atoms. The summed E-state index contributed by atoms with van der Waals surface area (Å²) in [6, 6.07) is 3.55. The van der Waals surface area contributed by atoms with Gasteiger partial charge in [-0.25, -0.2) is 0 Å². The van der Waals surface area contributed by atoms with E-state index in [1.807, 2.05) is 6.07 Å². The molecule has 0 aliphatic heterocycles. The third kappa shape index (κ3) is 1.51. The van der Waals surface area contributed by atoms with Crippen LogP contribution in [0.2, 0.25) is 0 Å². The molecular weight excluding hydrogens is 224 g/mol. The minimum Gasteiger partial charge on any atom is -0.326 e. The highest BCUT2D eigenvalue weighted by atomic mass is 16.1. The molecule has 0 aromatic carbocycles. The zero-order valence-corrected chi connectivity index (χ0v) is 10.8. The summed E-state index contributed by atoms with van der Waals surface area (Å²) in [4.78, 5) is 14.4. The molecule has 3 rings (SSSR count). The van der Waals surface area contributed by atoms with Gasteiger partial charge in [-0.2, -0.15) is 0 Å². The fraction of sp³-hybridized carbons (Fsp3) is 0.400. The Kier molecular flexibility index (Phi) is 2.35. The van der Waals surface area contributed by atoms with Crippen molar-refractivity contribution in [1.82, 2.24) is 4.98 Å². The first-order chi connectivity index (χ1) is 8.53. The van der Waals surface area contributed by atoms with Crippen molar-refractivity contribution in [3.8, 4) is 0 Å². The predicted octanol–water partition coefficient (Wildman–Crippen LogP) is 2.01. The minimum absolute atomic E-state index is 0.0416. The van der Waals surface area contributed by atoms with Gasteiger partial charge in [-0.3, -0.25) is 4.79 Å². The first-order valence-electron chi connectivity index (χ1n) is 6.38. The van der Waals surface area contributed by atoms with Gasteiger partial charge in [0.2, 0.25) is 5.56 Å². The van der Waals surface area contributed by atoms with Gasteiger partial charge in [0.25, 0.3) is 0 Å². The highest BCUT2D eigenvalue weighted by Crippen LogP contribution is 2.46. The highest BCUT2D eigenvalue weighted by Gasteiger charge is 2.42. The maximum Gasteiger partial charge on any atom is 0.248 e. The van der Waals surface area contributed by atoms with Crippen molar-refractivity contribution >= 4 is 0 Å². The predicted molar refractivity (Wildman–Crippen MR) is 72.6 cm³/mol. The van der Waals surface area contributed by atoms with Crippen LogP contribution >= 0.6 is 0 Å². The van der Waals surface area contributed by atoms with E-state index in [-0.39, 0.29) is 17.0 Å². The van der Waals surface area contributed by atoms with Crippen molar-refractivity contribution < 1.29 is 0 Å². The number of nitrogens with two attached hydrogens (primary N) is 1. The number of aromatic amines is 1. The molecule has 2 aliphatic carbocycles. The summed E-state index contributed by atoms with van der Waals surface area (Å²) in [6.07, 6.45) is 6.01. The van der Waals surface area contributed by atoms with Crippen LogP contribution in [0.4, 0.5) is 0 Å². The van der Waals surface area contributed by atoms with Crippen LogP contribution in [0.3, 0.4) is 0 Å². The highest BCUT2D eigenvalue weighted by molar-refractivity contribution is 5.50. The maximum atomic E-state index is 11.5. The van der Waals surface area contributed by atoms with Gasteiger partial charge >= 0.3 is 0 Å². The Morgan fingerprint density at radius 3 is 2.94 bits per heavy atom. The lowest BCUT2D eigenvalue weighted by Gasteiger charge is -2.44. The molecule has 94 valence electrons. The van der Waals surface area contributed by atoms with Crippen molar-refractivity contribution in [2.75, 3.05) is 0 Å². The van der Waals surface area contributed by atoms with Gasteiger partial charge in [-0.15, -0.1) is 0 Å². The number of H-pyrrole nitrogens is 1. The van der Waals surface area contributed by atoms with Crippen molar-refractivity contribution in [3.05, 3.63) is 57.0 Å². The summed E-state index contributed by atoms with van der Waals surface area (Å²) in [5.74, 6) is 0.231. The minimum atomic E-state index is -0.324. The summed E-state index contributed by atoms with van der Waals surface area (Å²) >= 11 is 0. The number of rotatable bonds is 0. The quantitative estimate of drug-likeness (QED) is 0.684. The number of hydrogen-bond acceptors (Lipinski definition) is 2. The van der Waals surface area contributed by atoms with Gasteiger partial charge < -0.3 is 10.7 Å². The molecule has 1 aromatic heterocycles. The van der Waals surface area contributed by atoms with Crippen LogP contribution in [-0.2, 0) is 6.42 Å². The van der Waals surface area contributed by atoms with E-state index in [9.17, 15) is 4.79 Å². The van der Waals surface area contributed by atoms with Crippen molar-refractivity contribution in [2.24, 2.45) is 5.73 Å². The molecule has 3 heteroatoms. The smallest absolute Gasteiger partial charge is 0.248 e.